The zero-order valence-corrected chi connectivity index (χ0v) is 10.5. The normalized spacial score (nSPS) is 10.4. The third-order valence-corrected chi connectivity index (χ3v) is 2.80. The number of nitrogens with zero attached hydrogens (tertiary/aromatic N) is 1. The van der Waals surface area contributed by atoms with Crippen LogP contribution in [0.3, 0.4) is 0 Å². The van der Waals surface area contributed by atoms with E-state index >= 15 is 0 Å². The smallest absolute Gasteiger partial charge is 0.149 e. The van der Waals surface area contributed by atoms with Crippen LogP contribution in [0.2, 0.25) is 0 Å². The third-order valence-electron chi connectivity index (χ3n) is 2.80. The highest BCUT2D eigenvalue weighted by atomic mass is 19.1. The summed E-state index contributed by atoms with van der Waals surface area (Å²) in [7, 11) is 0. The van der Waals surface area contributed by atoms with E-state index in [0.29, 0.717) is 29.2 Å². The van der Waals surface area contributed by atoms with Crippen LogP contribution in [-0.2, 0) is 6.54 Å². The van der Waals surface area contributed by atoms with E-state index in [4.69, 9.17) is 5.73 Å². The number of nitrogen functional groups attached to an aromatic ring is 1. The summed E-state index contributed by atoms with van der Waals surface area (Å²) in [5, 5.41) is 3.14. The van der Waals surface area contributed by atoms with Gasteiger partial charge in [0.1, 0.15) is 11.6 Å². The average molecular weight is 245 g/mol. The van der Waals surface area contributed by atoms with Crippen LogP contribution in [0.5, 0.6) is 0 Å². The number of pyridine rings is 1. The Morgan fingerprint density at radius 3 is 2.56 bits per heavy atom. The zero-order chi connectivity index (χ0) is 13.1. The van der Waals surface area contributed by atoms with Gasteiger partial charge in [0.15, 0.2) is 0 Å². The summed E-state index contributed by atoms with van der Waals surface area (Å²) in [6.45, 7) is 4.10. The summed E-state index contributed by atoms with van der Waals surface area (Å²) in [6, 6.07) is 7.23. The molecular weight excluding hydrogens is 229 g/mol. The molecule has 3 N–H and O–H groups in total. The SMILES string of the molecule is Cc1cc(CNc2ncccc2N)cc(C)c1F. The molecule has 3 nitrogen and oxygen atoms in total. The first-order valence-corrected chi connectivity index (χ1v) is 5.78. The van der Waals surface area contributed by atoms with Gasteiger partial charge in [-0.2, -0.15) is 0 Å². The van der Waals surface area contributed by atoms with Crippen LogP contribution in [0.4, 0.5) is 15.9 Å². The monoisotopic (exact) mass is 245 g/mol. The van der Waals surface area contributed by atoms with Crippen LogP contribution in [-0.4, -0.2) is 4.98 Å². The summed E-state index contributed by atoms with van der Waals surface area (Å²) in [5.41, 5.74) is 8.71. The maximum Gasteiger partial charge on any atom is 0.149 e. The molecule has 0 spiro atoms. The summed E-state index contributed by atoms with van der Waals surface area (Å²) in [6.07, 6.45) is 1.68. The van der Waals surface area contributed by atoms with E-state index in [-0.39, 0.29) is 5.82 Å². The van der Waals surface area contributed by atoms with Gasteiger partial charge in [0, 0.05) is 12.7 Å². The van der Waals surface area contributed by atoms with Crippen molar-refractivity contribution in [3.05, 3.63) is 53.0 Å². The van der Waals surface area contributed by atoms with Gasteiger partial charge in [0.2, 0.25) is 0 Å². The molecule has 4 heteroatoms. The number of nitrogens with one attached hydrogen (secondary N) is 1. The zero-order valence-electron chi connectivity index (χ0n) is 10.5. The Morgan fingerprint density at radius 2 is 1.94 bits per heavy atom. The molecule has 0 radical (unpaired) electrons. The highest BCUT2D eigenvalue weighted by Crippen LogP contribution is 2.17. The van der Waals surface area contributed by atoms with Crippen LogP contribution in [0, 0.1) is 19.7 Å². The molecule has 1 aromatic carbocycles. The Morgan fingerprint density at radius 1 is 1.28 bits per heavy atom. The minimum absolute atomic E-state index is 0.142. The van der Waals surface area contributed by atoms with Crippen LogP contribution < -0.4 is 11.1 Å². The summed E-state index contributed by atoms with van der Waals surface area (Å²) in [5.74, 6) is 0.508. The predicted molar refractivity (Wildman–Crippen MR) is 71.9 cm³/mol. The second-order valence-corrected chi connectivity index (χ2v) is 4.34. The fourth-order valence-electron chi connectivity index (χ4n) is 1.89. The lowest BCUT2D eigenvalue weighted by Crippen LogP contribution is -2.05. The molecule has 1 aromatic heterocycles. The molecule has 0 aliphatic heterocycles. The maximum atomic E-state index is 13.5. The lowest BCUT2D eigenvalue weighted by molar-refractivity contribution is 0.608. The molecule has 0 amide bonds. The van der Waals surface area contributed by atoms with E-state index in [0.717, 1.165) is 5.56 Å². The lowest BCUT2D eigenvalue weighted by atomic mass is 10.1. The van der Waals surface area contributed by atoms with Crippen molar-refractivity contribution in [2.45, 2.75) is 20.4 Å². The second kappa shape index (κ2) is 5.04. The molecule has 0 saturated heterocycles. The Balaban J connectivity index is 2.14. The topological polar surface area (TPSA) is 50.9 Å². The van der Waals surface area contributed by atoms with Gasteiger partial charge in [-0.25, -0.2) is 9.37 Å². The number of aryl methyl sites for hydroxylation is 2. The molecule has 18 heavy (non-hydrogen) atoms. The van der Waals surface area contributed by atoms with Crippen molar-refractivity contribution in [3.8, 4) is 0 Å². The summed E-state index contributed by atoms with van der Waals surface area (Å²) >= 11 is 0. The van der Waals surface area contributed by atoms with Crippen molar-refractivity contribution < 1.29 is 4.39 Å². The molecule has 0 atom stereocenters. The van der Waals surface area contributed by atoms with Gasteiger partial charge in [0.25, 0.3) is 0 Å². The first-order valence-electron chi connectivity index (χ1n) is 5.78. The largest absolute Gasteiger partial charge is 0.396 e. The molecular formula is C14H16FN3. The van der Waals surface area contributed by atoms with E-state index in [2.05, 4.69) is 10.3 Å². The Kier molecular flexibility index (Phi) is 3.46. The van der Waals surface area contributed by atoms with Crippen molar-refractivity contribution >= 4 is 11.5 Å². The van der Waals surface area contributed by atoms with E-state index < -0.39 is 0 Å². The fraction of sp³-hybridized carbons (Fsp3) is 0.214. The van der Waals surface area contributed by atoms with E-state index in [9.17, 15) is 4.39 Å². The minimum Gasteiger partial charge on any atom is -0.396 e. The first-order chi connectivity index (χ1) is 8.58. The van der Waals surface area contributed by atoms with Crippen molar-refractivity contribution in [2.24, 2.45) is 0 Å². The number of rotatable bonds is 3. The summed E-state index contributed by atoms with van der Waals surface area (Å²) in [4.78, 5) is 4.15. The number of aromatic nitrogens is 1. The van der Waals surface area contributed by atoms with Gasteiger partial charge in [-0.05, 0) is 42.7 Å². The molecule has 0 bridgehead atoms. The number of hydrogen-bond acceptors (Lipinski definition) is 3. The van der Waals surface area contributed by atoms with E-state index in [1.165, 1.54) is 0 Å². The molecule has 2 rings (SSSR count). The van der Waals surface area contributed by atoms with Crippen molar-refractivity contribution in [2.75, 3.05) is 11.1 Å². The number of anilines is 2. The van der Waals surface area contributed by atoms with Crippen LogP contribution in [0.1, 0.15) is 16.7 Å². The maximum absolute atomic E-state index is 13.5. The molecule has 0 saturated carbocycles. The van der Waals surface area contributed by atoms with Crippen LogP contribution >= 0.6 is 0 Å². The molecule has 0 aliphatic rings. The average Bonchev–Trinajstić information content (AvgIpc) is 2.35. The fourth-order valence-corrected chi connectivity index (χ4v) is 1.89. The highest BCUT2D eigenvalue weighted by Gasteiger charge is 2.05. The Bertz CT molecular complexity index is 544. The predicted octanol–water partition coefficient (Wildman–Crippen LogP) is 3.03. The number of nitrogens with two attached hydrogens (primary N) is 1. The molecule has 0 unspecified atom stereocenters. The van der Waals surface area contributed by atoms with Gasteiger partial charge in [0.05, 0.1) is 5.69 Å². The molecule has 2 aromatic rings. The van der Waals surface area contributed by atoms with Gasteiger partial charge >= 0.3 is 0 Å². The van der Waals surface area contributed by atoms with Gasteiger partial charge in [-0.3, -0.25) is 0 Å². The van der Waals surface area contributed by atoms with Gasteiger partial charge < -0.3 is 11.1 Å². The Hall–Kier alpha value is -2.10. The van der Waals surface area contributed by atoms with Crippen LogP contribution in [0.15, 0.2) is 30.5 Å². The minimum atomic E-state index is -0.142. The highest BCUT2D eigenvalue weighted by molar-refractivity contribution is 5.60. The van der Waals surface area contributed by atoms with Crippen molar-refractivity contribution in [1.29, 1.82) is 0 Å². The number of hydrogen-bond donors (Lipinski definition) is 2. The standard InChI is InChI=1S/C14H16FN3/c1-9-6-11(7-10(2)13(9)15)8-18-14-12(16)4-3-5-17-14/h3-7H,8,16H2,1-2H3,(H,17,18). The van der Waals surface area contributed by atoms with Gasteiger partial charge in [-0.15, -0.1) is 0 Å². The number of halogens is 1. The van der Waals surface area contributed by atoms with E-state index in [1.54, 1.807) is 32.2 Å². The second-order valence-electron chi connectivity index (χ2n) is 4.34. The summed E-state index contributed by atoms with van der Waals surface area (Å²) < 4.78 is 13.5. The number of benzene rings is 1. The molecule has 1 heterocycles. The van der Waals surface area contributed by atoms with Crippen molar-refractivity contribution in [3.63, 3.8) is 0 Å². The first kappa shape index (κ1) is 12.4. The van der Waals surface area contributed by atoms with Gasteiger partial charge in [-0.1, -0.05) is 12.1 Å². The van der Waals surface area contributed by atoms with Crippen molar-refractivity contribution in [1.82, 2.24) is 4.98 Å². The Labute approximate surface area is 106 Å². The third kappa shape index (κ3) is 2.59. The lowest BCUT2D eigenvalue weighted by Gasteiger charge is -2.10. The molecule has 94 valence electrons. The molecule has 0 fully saturated rings. The van der Waals surface area contributed by atoms with Crippen LogP contribution in [0.25, 0.3) is 0 Å². The quantitative estimate of drug-likeness (QED) is 0.873. The van der Waals surface area contributed by atoms with E-state index in [1.807, 2.05) is 12.1 Å². The molecule has 0 aliphatic carbocycles.